The van der Waals surface area contributed by atoms with E-state index in [0.29, 0.717) is 6.42 Å². The molecule has 0 bridgehead atoms. The van der Waals surface area contributed by atoms with Crippen molar-refractivity contribution in [1.29, 1.82) is 0 Å². The van der Waals surface area contributed by atoms with Crippen LogP contribution in [0.4, 0.5) is 5.69 Å². The molecule has 3 N–H and O–H groups in total. The topological polar surface area (TPSA) is 99.8 Å². The van der Waals surface area contributed by atoms with Gasteiger partial charge in [0.15, 0.2) is 0 Å². The number of hydrazine groups is 1. The number of methoxy groups -OCH3 is 1. The molecule has 1 fully saturated rings. The van der Waals surface area contributed by atoms with Crippen LogP contribution < -0.4 is 20.9 Å². The molecule has 8 nitrogen and oxygen atoms in total. The van der Waals surface area contributed by atoms with Crippen LogP contribution in [-0.4, -0.2) is 45.9 Å². The van der Waals surface area contributed by atoms with E-state index in [2.05, 4.69) is 16.2 Å². The number of nitrogens with zero attached hydrogens (tertiary/aromatic N) is 1. The van der Waals surface area contributed by atoms with Crippen LogP contribution in [0.3, 0.4) is 0 Å². The van der Waals surface area contributed by atoms with E-state index < -0.39 is 16.1 Å². The molecule has 0 aliphatic carbocycles. The highest BCUT2D eigenvalue weighted by atomic mass is 32.2. The van der Waals surface area contributed by atoms with E-state index in [1.165, 1.54) is 21.2 Å². The van der Waals surface area contributed by atoms with Gasteiger partial charge in [0.25, 0.3) is 0 Å². The third-order valence-electron chi connectivity index (χ3n) is 4.85. The molecule has 1 aliphatic rings. The predicted octanol–water partition coefficient (Wildman–Crippen LogP) is 1.80. The molecule has 2 aromatic carbocycles. The highest BCUT2D eigenvalue weighted by Crippen LogP contribution is 2.31. The minimum Gasteiger partial charge on any atom is -0.495 e. The molecule has 0 spiro atoms. The van der Waals surface area contributed by atoms with Crippen LogP contribution in [0.1, 0.15) is 23.6 Å². The minimum atomic E-state index is -3.67. The van der Waals surface area contributed by atoms with E-state index in [4.69, 9.17) is 4.74 Å². The molecule has 1 saturated heterocycles. The van der Waals surface area contributed by atoms with E-state index in [1.54, 1.807) is 18.2 Å². The summed E-state index contributed by atoms with van der Waals surface area (Å²) in [6.45, 7) is 1.96. The Bertz CT molecular complexity index is 1010. The highest BCUT2D eigenvalue weighted by Gasteiger charge is 2.32. The Kier molecular flexibility index (Phi) is 6.23. The van der Waals surface area contributed by atoms with Crippen LogP contribution in [0.5, 0.6) is 5.75 Å². The summed E-state index contributed by atoms with van der Waals surface area (Å²) in [5.74, 6) is 0.127. The monoisotopic (exact) mass is 418 g/mol. The molecule has 1 heterocycles. The van der Waals surface area contributed by atoms with Crippen LogP contribution in [0, 0.1) is 6.92 Å². The van der Waals surface area contributed by atoms with Crippen molar-refractivity contribution in [1.82, 2.24) is 15.2 Å². The number of carbonyl (C=O) groups excluding carboxylic acids is 1. The Hall–Kier alpha value is -2.46. The number of amides is 1. The quantitative estimate of drug-likeness (QED) is 0.662. The zero-order valence-corrected chi connectivity index (χ0v) is 17.7. The van der Waals surface area contributed by atoms with Crippen molar-refractivity contribution < 1.29 is 17.9 Å². The first-order chi connectivity index (χ1) is 13.7. The lowest BCUT2D eigenvalue weighted by Gasteiger charge is -2.17. The van der Waals surface area contributed by atoms with E-state index in [-0.39, 0.29) is 22.6 Å². The number of aryl methyl sites for hydroxylation is 1. The lowest BCUT2D eigenvalue weighted by Crippen LogP contribution is -2.39. The Labute approximate surface area is 171 Å². The van der Waals surface area contributed by atoms with Gasteiger partial charge in [0.1, 0.15) is 16.7 Å². The second-order valence-corrected chi connectivity index (χ2v) is 9.31. The molecule has 156 valence electrons. The van der Waals surface area contributed by atoms with Crippen LogP contribution >= 0.6 is 0 Å². The molecular formula is C20H26N4O4S. The third-order valence-corrected chi connectivity index (χ3v) is 6.69. The van der Waals surface area contributed by atoms with Gasteiger partial charge in [-0.2, -0.15) is 0 Å². The Morgan fingerprint density at radius 1 is 1.17 bits per heavy atom. The lowest BCUT2D eigenvalue weighted by molar-refractivity contribution is -0.117. The smallest absolute Gasteiger partial charge is 0.246 e. The van der Waals surface area contributed by atoms with Gasteiger partial charge < -0.3 is 10.1 Å². The first-order valence-corrected chi connectivity index (χ1v) is 10.7. The van der Waals surface area contributed by atoms with Crippen LogP contribution in [0.25, 0.3) is 0 Å². The van der Waals surface area contributed by atoms with Crippen molar-refractivity contribution in [2.24, 2.45) is 0 Å². The van der Waals surface area contributed by atoms with Gasteiger partial charge in [-0.05, 0) is 48.7 Å². The van der Waals surface area contributed by atoms with Gasteiger partial charge in [0.2, 0.25) is 15.9 Å². The maximum Gasteiger partial charge on any atom is 0.246 e. The Morgan fingerprint density at radius 2 is 1.93 bits per heavy atom. The van der Waals surface area contributed by atoms with Crippen molar-refractivity contribution in [3.63, 3.8) is 0 Å². The molecule has 2 aromatic rings. The van der Waals surface area contributed by atoms with Crippen molar-refractivity contribution in [2.45, 2.75) is 30.3 Å². The number of rotatable bonds is 6. The summed E-state index contributed by atoms with van der Waals surface area (Å²) >= 11 is 0. The number of benzene rings is 2. The lowest BCUT2D eigenvalue weighted by atomic mass is 10.0. The summed E-state index contributed by atoms with van der Waals surface area (Å²) in [5.41, 5.74) is 8.64. The second-order valence-electron chi connectivity index (χ2n) is 7.19. The van der Waals surface area contributed by atoms with Gasteiger partial charge in [-0.25, -0.2) is 23.6 Å². The molecule has 1 amide bonds. The van der Waals surface area contributed by atoms with E-state index >= 15 is 0 Å². The van der Waals surface area contributed by atoms with Gasteiger partial charge in [-0.15, -0.1) is 0 Å². The van der Waals surface area contributed by atoms with E-state index in [9.17, 15) is 13.2 Å². The molecule has 29 heavy (non-hydrogen) atoms. The summed E-state index contributed by atoms with van der Waals surface area (Å²) in [5, 5.41) is 2.90. The standard InChI is InChI=1S/C20H26N4O4S/c1-13-6-5-7-15(10-13)21-20(25)17-12-16(22-23-17)14-8-9-18(28-4)19(11-14)29(26,27)24(2)3/h5-11,16-17,22-23H,12H2,1-4H3,(H,21,25). The number of hydrogen-bond donors (Lipinski definition) is 3. The van der Waals surface area contributed by atoms with Gasteiger partial charge in [-0.1, -0.05) is 18.2 Å². The zero-order chi connectivity index (χ0) is 21.2. The number of anilines is 1. The number of ether oxygens (including phenoxy) is 1. The van der Waals surface area contributed by atoms with Gasteiger partial charge >= 0.3 is 0 Å². The van der Waals surface area contributed by atoms with Gasteiger partial charge in [0.05, 0.1) is 7.11 Å². The van der Waals surface area contributed by atoms with Gasteiger partial charge in [0, 0.05) is 25.8 Å². The largest absolute Gasteiger partial charge is 0.495 e. The van der Waals surface area contributed by atoms with E-state index in [1.807, 2.05) is 31.2 Å². The molecular weight excluding hydrogens is 392 g/mol. The molecule has 9 heteroatoms. The number of nitrogens with one attached hydrogen (secondary N) is 3. The summed E-state index contributed by atoms with van der Waals surface area (Å²) in [6.07, 6.45) is 0.478. The van der Waals surface area contributed by atoms with Crippen LogP contribution in [0.2, 0.25) is 0 Å². The summed E-state index contributed by atoms with van der Waals surface area (Å²) in [6, 6.07) is 12.0. The second kappa shape index (κ2) is 8.50. The molecule has 0 radical (unpaired) electrons. The van der Waals surface area contributed by atoms with Crippen LogP contribution in [0.15, 0.2) is 47.4 Å². The summed E-state index contributed by atoms with van der Waals surface area (Å²) in [4.78, 5) is 12.7. The fourth-order valence-corrected chi connectivity index (χ4v) is 4.29. The van der Waals surface area contributed by atoms with E-state index in [0.717, 1.165) is 21.1 Å². The molecule has 2 unspecified atom stereocenters. The molecule has 1 aliphatic heterocycles. The van der Waals surface area contributed by atoms with Crippen molar-refractivity contribution in [2.75, 3.05) is 26.5 Å². The highest BCUT2D eigenvalue weighted by molar-refractivity contribution is 7.89. The fraction of sp³-hybridized carbons (Fsp3) is 0.350. The number of hydrogen-bond acceptors (Lipinski definition) is 6. The molecule has 3 rings (SSSR count). The predicted molar refractivity (Wildman–Crippen MR) is 111 cm³/mol. The maximum atomic E-state index is 12.6. The zero-order valence-electron chi connectivity index (χ0n) is 16.9. The average molecular weight is 419 g/mol. The summed E-state index contributed by atoms with van der Waals surface area (Å²) in [7, 11) is 0.719. The summed E-state index contributed by atoms with van der Waals surface area (Å²) < 4.78 is 31.6. The van der Waals surface area contributed by atoms with Crippen molar-refractivity contribution in [3.8, 4) is 5.75 Å². The maximum absolute atomic E-state index is 12.6. The van der Waals surface area contributed by atoms with Gasteiger partial charge in [-0.3, -0.25) is 4.79 Å². The van der Waals surface area contributed by atoms with Crippen LogP contribution in [-0.2, 0) is 14.8 Å². The number of sulfonamides is 1. The first kappa shape index (κ1) is 21.3. The average Bonchev–Trinajstić information content (AvgIpc) is 3.17. The number of carbonyl (C=O) groups is 1. The normalized spacial score (nSPS) is 19.3. The fourth-order valence-electron chi connectivity index (χ4n) is 3.21. The Morgan fingerprint density at radius 3 is 2.59 bits per heavy atom. The van der Waals surface area contributed by atoms with Crippen molar-refractivity contribution >= 4 is 21.6 Å². The molecule has 0 saturated carbocycles. The van der Waals surface area contributed by atoms with Crippen molar-refractivity contribution in [3.05, 3.63) is 53.6 Å². The Balaban J connectivity index is 1.77. The third kappa shape index (κ3) is 4.59. The minimum absolute atomic E-state index is 0.0944. The SMILES string of the molecule is COc1ccc(C2CC(C(=O)Nc3cccc(C)c3)NN2)cc1S(=O)(=O)N(C)C. The first-order valence-electron chi connectivity index (χ1n) is 9.21. The molecule has 2 atom stereocenters. The molecule has 0 aromatic heterocycles.